The molecule has 2 rings (SSSR count). The van der Waals surface area contributed by atoms with Gasteiger partial charge in [0, 0.05) is 5.69 Å². The molecule has 4 nitrogen and oxygen atoms in total. The van der Waals surface area contributed by atoms with E-state index in [4.69, 9.17) is 10.2 Å². The lowest BCUT2D eigenvalue weighted by molar-refractivity contribution is -0.117. The highest BCUT2D eigenvalue weighted by molar-refractivity contribution is 9.10. The van der Waals surface area contributed by atoms with Gasteiger partial charge in [-0.2, -0.15) is 0 Å². The smallest absolute Gasteiger partial charge is 0.221 e. The largest absolute Gasteiger partial charge is 0.452 e. The van der Waals surface area contributed by atoms with Crippen LogP contribution in [0.15, 0.2) is 45.5 Å². The second kappa shape index (κ2) is 5.93. The number of anilines is 1. The van der Waals surface area contributed by atoms with Crippen molar-refractivity contribution in [2.75, 3.05) is 5.32 Å². The lowest BCUT2D eigenvalue weighted by atomic mass is 10.1. The number of primary amides is 1. The molecule has 5 heteroatoms. The van der Waals surface area contributed by atoms with E-state index in [0.29, 0.717) is 4.67 Å². The third-order valence-corrected chi connectivity index (χ3v) is 3.16. The maximum absolute atomic E-state index is 10.8. The minimum Gasteiger partial charge on any atom is -0.452 e. The first-order valence-corrected chi connectivity index (χ1v) is 6.73. The molecule has 1 aromatic heterocycles. The summed E-state index contributed by atoms with van der Waals surface area (Å²) in [6.45, 7) is 2.02. The molecule has 1 aromatic carbocycles. The molecular formula is C14H15BrN2O2. The molecule has 1 atom stereocenters. The van der Waals surface area contributed by atoms with E-state index >= 15 is 0 Å². The highest BCUT2D eigenvalue weighted by Gasteiger charge is 2.09. The Morgan fingerprint density at radius 1 is 1.32 bits per heavy atom. The highest BCUT2D eigenvalue weighted by atomic mass is 79.9. The molecule has 19 heavy (non-hydrogen) atoms. The number of amides is 1. The zero-order chi connectivity index (χ0) is 13.8. The number of hydrogen-bond acceptors (Lipinski definition) is 3. The van der Waals surface area contributed by atoms with Crippen molar-refractivity contribution in [2.45, 2.75) is 19.4 Å². The van der Waals surface area contributed by atoms with Gasteiger partial charge in [0.15, 0.2) is 4.67 Å². The molecule has 1 unspecified atom stereocenters. The van der Waals surface area contributed by atoms with Gasteiger partial charge in [0.2, 0.25) is 5.91 Å². The number of nitrogens with two attached hydrogens (primary N) is 1. The fraction of sp³-hybridized carbons (Fsp3) is 0.214. The number of nitrogens with one attached hydrogen (secondary N) is 1. The summed E-state index contributed by atoms with van der Waals surface area (Å²) in [4.78, 5) is 10.8. The van der Waals surface area contributed by atoms with E-state index in [0.717, 1.165) is 17.0 Å². The van der Waals surface area contributed by atoms with Crippen LogP contribution in [0.25, 0.3) is 0 Å². The van der Waals surface area contributed by atoms with E-state index in [1.807, 2.05) is 43.3 Å². The first kappa shape index (κ1) is 13.7. The van der Waals surface area contributed by atoms with Gasteiger partial charge in [-0.15, -0.1) is 0 Å². The summed E-state index contributed by atoms with van der Waals surface area (Å²) in [7, 11) is 0. The minimum atomic E-state index is -0.325. The van der Waals surface area contributed by atoms with E-state index in [1.165, 1.54) is 0 Å². The molecule has 3 N–H and O–H groups in total. The molecule has 0 spiro atoms. The fourth-order valence-corrected chi connectivity index (χ4v) is 2.12. The molecule has 0 bridgehead atoms. The quantitative estimate of drug-likeness (QED) is 0.887. The Morgan fingerprint density at radius 2 is 2.00 bits per heavy atom. The van der Waals surface area contributed by atoms with Gasteiger partial charge in [-0.3, -0.25) is 4.79 Å². The van der Waals surface area contributed by atoms with Gasteiger partial charge in [0.25, 0.3) is 0 Å². The molecule has 0 saturated heterocycles. The van der Waals surface area contributed by atoms with Crippen molar-refractivity contribution < 1.29 is 9.21 Å². The first-order valence-electron chi connectivity index (χ1n) is 5.93. The van der Waals surface area contributed by atoms with Crippen LogP contribution in [0.3, 0.4) is 0 Å². The standard InChI is InChI=1S/C14H15BrN2O2/c1-9(12-6-7-13(15)19-12)17-11-4-2-10(3-5-11)8-14(16)18/h2-7,9,17H,8H2,1H3,(H2,16,18). The van der Waals surface area contributed by atoms with Crippen LogP contribution >= 0.6 is 15.9 Å². The van der Waals surface area contributed by atoms with Crippen LogP contribution in [-0.4, -0.2) is 5.91 Å². The molecule has 1 heterocycles. The number of carbonyl (C=O) groups excluding carboxylic acids is 1. The van der Waals surface area contributed by atoms with Gasteiger partial charge < -0.3 is 15.5 Å². The molecule has 2 aromatic rings. The first-order chi connectivity index (χ1) is 9.04. The van der Waals surface area contributed by atoms with Crippen LogP contribution in [-0.2, 0) is 11.2 Å². The summed E-state index contributed by atoms with van der Waals surface area (Å²) < 4.78 is 6.20. The molecule has 0 aliphatic carbocycles. The van der Waals surface area contributed by atoms with Crippen LogP contribution in [0.4, 0.5) is 5.69 Å². The lowest BCUT2D eigenvalue weighted by Crippen LogP contribution is -2.13. The second-order valence-corrected chi connectivity index (χ2v) is 5.13. The van der Waals surface area contributed by atoms with Crippen molar-refractivity contribution in [1.82, 2.24) is 0 Å². The monoisotopic (exact) mass is 322 g/mol. The summed E-state index contributed by atoms with van der Waals surface area (Å²) in [6.07, 6.45) is 0.265. The number of carbonyl (C=O) groups is 1. The van der Waals surface area contributed by atoms with E-state index in [2.05, 4.69) is 21.2 Å². The van der Waals surface area contributed by atoms with Gasteiger partial charge in [0.1, 0.15) is 5.76 Å². The van der Waals surface area contributed by atoms with Gasteiger partial charge in [-0.1, -0.05) is 12.1 Å². The SMILES string of the molecule is CC(Nc1ccc(CC(N)=O)cc1)c1ccc(Br)o1. The second-order valence-electron chi connectivity index (χ2n) is 4.35. The van der Waals surface area contributed by atoms with Crippen molar-refractivity contribution in [3.05, 3.63) is 52.4 Å². The van der Waals surface area contributed by atoms with Crippen molar-refractivity contribution in [3.63, 3.8) is 0 Å². The molecule has 0 fully saturated rings. The number of furan rings is 1. The van der Waals surface area contributed by atoms with Crippen LogP contribution in [0, 0.1) is 0 Å². The Bertz CT molecular complexity index is 563. The summed E-state index contributed by atoms with van der Waals surface area (Å²) in [5.74, 6) is 0.530. The van der Waals surface area contributed by atoms with E-state index < -0.39 is 0 Å². The third kappa shape index (κ3) is 3.86. The van der Waals surface area contributed by atoms with Crippen LogP contribution < -0.4 is 11.1 Å². The predicted octanol–water partition coefficient (Wildman–Crippen LogP) is 3.24. The topological polar surface area (TPSA) is 68.3 Å². The van der Waals surface area contributed by atoms with E-state index in [9.17, 15) is 4.79 Å². The van der Waals surface area contributed by atoms with Gasteiger partial charge in [-0.05, 0) is 52.7 Å². The van der Waals surface area contributed by atoms with Crippen LogP contribution in [0.1, 0.15) is 24.3 Å². The normalized spacial score (nSPS) is 12.1. The summed E-state index contributed by atoms with van der Waals surface area (Å²) in [5.41, 5.74) is 7.02. The Hall–Kier alpha value is -1.75. The molecule has 0 aliphatic rings. The van der Waals surface area contributed by atoms with E-state index in [-0.39, 0.29) is 18.4 Å². The summed E-state index contributed by atoms with van der Waals surface area (Å²) in [5, 5.41) is 3.32. The predicted molar refractivity (Wildman–Crippen MR) is 77.8 cm³/mol. The molecular weight excluding hydrogens is 308 g/mol. The molecule has 1 amide bonds. The Kier molecular flexibility index (Phi) is 4.27. The third-order valence-electron chi connectivity index (χ3n) is 2.74. The fourth-order valence-electron chi connectivity index (χ4n) is 1.80. The van der Waals surface area contributed by atoms with Crippen molar-refractivity contribution in [1.29, 1.82) is 0 Å². The molecule has 0 radical (unpaired) electrons. The Labute approximate surface area is 120 Å². The van der Waals surface area contributed by atoms with Crippen LogP contribution in [0.2, 0.25) is 0 Å². The van der Waals surface area contributed by atoms with Crippen LogP contribution in [0.5, 0.6) is 0 Å². The van der Waals surface area contributed by atoms with Crippen molar-refractivity contribution in [2.24, 2.45) is 5.73 Å². The molecule has 100 valence electrons. The zero-order valence-corrected chi connectivity index (χ0v) is 12.1. The van der Waals surface area contributed by atoms with Crippen molar-refractivity contribution >= 4 is 27.5 Å². The number of rotatable bonds is 5. The van der Waals surface area contributed by atoms with E-state index in [1.54, 1.807) is 0 Å². The molecule has 0 aliphatic heterocycles. The minimum absolute atomic E-state index is 0.0632. The lowest BCUT2D eigenvalue weighted by Gasteiger charge is -2.13. The van der Waals surface area contributed by atoms with Gasteiger partial charge >= 0.3 is 0 Å². The summed E-state index contributed by atoms with van der Waals surface area (Å²) >= 11 is 3.28. The number of benzene rings is 1. The zero-order valence-electron chi connectivity index (χ0n) is 10.5. The summed E-state index contributed by atoms with van der Waals surface area (Å²) in [6, 6.07) is 11.5. The number of halogens is 1. The average Bonchev–Trinajstić information content (AvgIpc) is 2.78. The number of hydrogen-bond donors (Lipinski definition) is 2. The Balaban J connectivity index is 2.01. The Morgan fingerprint density at radius 3 is 2.53 bits per heavy atom. The van der Waals surface area contributed by atoms with Crippen molar-refractivity contribution in [3.8, 4) is 0 Å². The van der Waals surface area contributed by atoms with Gasteiger partial charge in [-0.25, -0.2) is 0 Å². The molecule has 0 saturated carbocycles. The highest BCUT2D eigenvalue weighted by Crippen LogP contribution is 2.23. The average molecular weight is 323 g/mol. The maximum atomic E-state index is 10.8. The maximum Gasteiger partial charge on any atom is 0.221 e. The van der Waals surface area contributed by atoms with Gasteiger partial charge in [0.05, 0.1) is 12.5 Å².